The lowest BCUT2D eigenvalue weighted by molar-refractivity contribution is 0.937. The summed E-state index contributed by atoms with van der Waals surface area (Å²) in [6.45, 7) is 2.04. The van der Waals surface area contributed by atoms with Crippen molar-refractivity contribution in [3.63, 3.8) is 0 Å². The zero-order valence-electron chi connectivity index (χ0n) is 12.0. The highest BCUT2D eigenvalue weighted by Crippen LogP contribution is 2.20. The van der Waals surface area contributed by atoms with E-state index in [1.807, 2.05) is 48.7 Å². The Bertz CT molecular complexity index is 1110. The highest BCUT2D eigenvalue weighted by atomic mass is 79.9. The Morgan fingerprint density at radius 3 is 2.65 bits per heavy atom. The maximum absolute atomic E-state index is 12.5. The number of hydrogen-bond donors (Lipinski definition) is 0. The number of fused-ring (bicyclic) bond motifs is 1. The smallest absolute Gasteiger partial charge is 0.266 e. The van der Waals surface area contributed by atoms with E-state index >= 15 is 0 Å². The second-order valence-corrected chi connectivity index (χ2v) is 7.89. The predicted molar refractivity (Wildman–Crippen MR) is 98.1 cm³/mol. The molecule has 7 heteroatoms. The molecule has 0 unspecified atom stereocenters. The first kappa shape index (κ1) is 14.7. The van der Waals surface area contributed by atoms with E-state index in [0.29, 0.717) is 15.3 Å². The fraction of sp³-hybridized carbons (Fsp3) is 0.0625. The van der Waals surface area contributed by atoms with Gasteiger partial charge in [0.1, 0.15) is 0 Å². The number of aryl methyl sites for hydroxylation is 1. The fourth-order valence-corrected chi connectivity index (χ4v) is 4.29. The summed E-state index contributed by atoms with van der Waals surface area (Å²) in [4.78, 5) is 18.7. The molecule has 0 spiro atoms. The Morgan fingerprint density at radius 2 is 2.00 bits per heavy atom. The number of rotatable bonds is 2. The molecule has 4 aromatic rings. The van der Waals surface area contributed by atoms with Gasteiger partial charge >= 0.3 is 0 Å². The number of hydrogen-bond acceptors (Lipinski definition) is 5. The molecular formula is C16H10BrN3OS2. The second-order valence-electron chi connectivity index (χ2n) is 5.02. The van der Waals surface area contributed by atoms with Crippen molar-refractivity contribution in [1.82, 2.24) is 14.6 Å². The third-order valence-corrected chi connectivity index (χ3v) is 5.90. The first-order chi connectivity index (χ1) is 11.1. The number of halogens is 1. The van der Waals surface area contributed by atoms with Crippen molar-refractivity contribution in [1.29, 1.82) is 0 Å². The fourth-order valence-electron chi connectivity index (χ4n) is 2.21. The van der Waals surface area contributed by atoms with Crippen molar-refractivity contribution >= 4 is 49.6 Å². The van der Waals surface area contributed by atoms with Crippen LogP contribution in [0, 0.1) is 6.92 Å². The lowest BCUT2D eigenvalue weighted by Gasteiger charge is -1.94. The van der Waals surface area contributed by atoms with Crippen molar-refractivity contribution < 1.29 is 0 Å². The topological polar surface area (TPSA) is 47.3 Å². The number of thiazole rings is 1. The molecule has 0 aliphatic rings. The average molecular weight is 404 g/mol. The van der Waals surface area contributed by atoms with Gasteiger partial charge in [0.15, 0.2) is 5.82 Å². The summed E-state index contributed by atoms with van der Waals surface area (Å²) < 4.78 is 3.04. The van der Waals surface area contributed by atoms with E-state index in [0.717, 1.165) is 14.9 Å². The van der Waals surface area contributed by atoms with Gasteiger partial charge in [0.25, 0.3) is 5.56 Å². The molecule has 1 aromatic carbocycles. The third-order valence-electron chi connectivity index (χ3n) is 3.45. The zero-order chi connectivity index (χ0) is 16.0. The maximum Gasteiger partial charge on any atom is 0.291 e. The summed E-state index contributed by atoms with van der Waals surface area (Å²) in [5.74, 6) is 0.569. The van der Waals surface area contributed by atoms with Crippen LogP contribution in [0.4, 0.5) is 0 Å². The lowest BCUT2D eigenvalue weighted by atomic mass is 10.2. The van der Waals surface area contributed by atoms with Crippen LogP contribution in [0.2, 0.25) is 0 Å². The Labute approximate surface area is 147 Å². The largest absolute Gasteiger partial charge is 0.291 e. The molecular weight excluding hydrogens is 394 g/mol. The van der Waals surface area contributed by atoms with Gasteiger partial charge in [-0.2, -0.15) is 9.50 Å². The first-order valence-corrected chi connectivity index (χ1v) is 9.32. The Hall–Kier alpha value is -1.83. The minimum Gasteiger partial charge on any atom is -0.266 e. The van der Waals surface area contributed by atoms with Gasteiger partial charge in [-0.25, -0.2) is 0 Å². The van der Waals surface area contributed by atoms with Crippen LogP contribution < -0.4 is 10.1 Å². The van der Waals surface area contributed by atoms with Crippen LogP contribution in [-0.4, -0.2) is 14.6 Å². The van der Waals surface area contributed by atoms with Crippen LogP contribution in [-0.2, 0) is 0 Å². The highest BCUT2D eigenvalue weighted by molar-refractivity contribution is 9.10. The van der Waals surface area contributed by atoms with Crippen LogP contribution in [0.15, 0.2) is 45.0 Å². The summed E-state index contributed by atoms with van der Waals surface area (Å²) in [6, 6.07) is 9.76. The summed E-state index contributed by atoms with van der Waals surface area (Å²) in [5, 5.41) is 6.38. The molecule has 4 rings (SSSR count). The van der Waals surface area contributed by atoms with Gasteiger partial charge in [-0.1, -0.05) is 39.4 Å². The number of benzene rings is 1. The molecule has 0 bridgehead atoms. The molecule has 0 aliphatic carbocycles. The third kappa shape index (κ3) is 2.65. The van der Waals surface area contributed by atoms with E-state index in [-0.39, 0.29) is 5.56 Å². The summed E-state index contributed by atoms with van der Waals surface area (Å²) >= 11 is 6.40. The van der Waals surface area contributed by atoms with Gasteiger partial charge in [-0.05, 0) is 42.1 Å². The van der Waals surface area contributed by atoms with E-state index in [4.69, 9.17) is 0 Å². The Kier molecular flexibility index (Phi) is 3.63. The van der Waals surface area contributed by atoms with E-state index in [2.05, 4.69) is 26.0 Å². The molecule has 0 aliphatic heterocycles. The quantitative estimate of drug-likeness (QED) is 0.514. The number of thiophene rings is 1. The van der Waals surface area contributed by atoms with Gasteiger partial charge in [-0.15, -0.1) is 16.4 Å². The molecule has 114 valence electrons. The van der Waals surface area contributed by atoms with Gasteiger partial charge in [0.05, 0.1) is 4.53 Å². The lowest BCUT2D eigenvalue weighted by Crippen LogP contribution is -2.23. The Morgan fingerprint density at radius 1 is 1.22 bits per heavy atom. The molecule has 0 atom stereocenters. The first-order valence-electron chi connectivity index (χ1n) is 6.83. The standard InChI is InChI=1S/C16H10BrN3OS2/c1-9-6-7-22-12(9)8-13-15(21)20-16(23-13)18-14(19-20)10-2-4-11(17)5-3-10/h2-8H,1H3/b13-8-. The molecule has 0 amide bonds. The Balaban J connectivity index is 1.84. The highest BCUT2D eigenvalue weighted by Gasteiger charge is 2.12. The minimum absolute atomic E-state index is 0.117. The van der Waals surface area contributed by atoms with E-state index < -0.39 is 0 Å². The van der Waals surface area contributed by atoms with Crippen LogP contribution in [0.1, 0.15) is 10.4 Å². The van der Waals surface area contributed by atoms with Gasteiger partial charge < -0.3 is 0 Å². The van der Waals surface area contributed by atoms with E-state index in [9.17, 15) is 4.79 Å². The molecule has 3 heterocycles. The van der Waals surface area contributed by atoms with E-state index in [1.165, 1.54) is 21.4 Å². The summed E-state index contributed by atoms with van der Waals surface area (Å²) in [5.41, 5.74) is 1.95. The summed E-state index contributed by atoms with van der Waals surface area (Å²) in [7, 11) is 0. The van der Waals surface area contributed by atoms with Crippen molar-refractivity contribution in [2.24, 2.45) is 0 Å². The van der Waals surface area contributed by atoms with Crippen LogP contribution in [0.5, 0.6) is 0 Å². The van der Waals surface area contributed by atoms with E-state index in [1.54, 1.807) is 11.3 Å². The monoisotopic (exact) mass is 403 g/mol. The van der Waals surface area contributed by atoms with Crippen LogP contribution >= 0.6 is 38.6 Å². The maximum atomic E-state index is 12.5. The van der Waals surface area contributed by atoms with Crippen molar-refractivity contribution in [3.8, 4) is 11.4 Å². The SMILES string of the molecule is Cc1ccsc1/C=c1\sc2nc(-c3ccc(Br)cc3)nn2c1=O. The van der Waals surface area contributed by atoms with Crippen molar-refractivity contribution in [2.75, 3.05) is 0 Å². The number of nitrogens with zero attached hydrogens (tertiary/aromatic N) is 3. The van der Waals surface area contributed by atoms with Gasteiger partial charge in [0, 0.05) is 14.9 Å². The average Bonchev–Trinajstić information content (AvgIpc) is 3.20. The molecule has 3 aromatic heterocycles. The molecule has 0 N–H and O–H groups in total. The van der Waals surface area contributed by atoms with Gasteiger partial charge in [-0.3, -0.25) is 4.79 Å². The molecule has 0 radical (unpaired) electrons. The molecule has 0 fully saturated rings. The normalized spacial score (nSPS) is 12.3. The molecule has 0 saturated carbocycles. The molecule has 0 saturated heterocycles. The van der Waals surface area contributed by atoms with Crippen LogP contribution in [0.3, 0.4) is 0 Å². The van der Waals surface area contributed by atoms with Crippen molar-refractivity contribution in [3.05, 3.63) is 65.5 Å². The minimum atomic E-state index is -0.117. The molecule has 4 nitrogen and oxygen atoms in total. The summed E-state index contributed by atoms with van der Waals surface area (Å²) in [6.07, 6.45) is 1.92. The van der Waals surface area contributed by atoms with Crippen molar-refractivity contribution in [2.45, 2.75) is 6.92 Å². The second kappa shape index (κ2) is 5.67. The van der Waals surface area contributed by atoms with Crippen LogP contribution in [0.25, 0.3) is 22.4 Å². The predicted octanol–water partition coefficient (Wildman–Crippen LogP) is 3.50. The number of aromatic nitrogens is 3. The molecule has 23 heavy (non-hydrogen) atoms. The zero-order valence-corrected chi connectivity index (χ0v) is 15.2. The van der Waals surface area contributed by atoms with Gasteiger partial charge in [0.2, 0.25) is 4.96 Å².